The van der Waals surface area contributed by atoms with Crippen LogP contribution >= 0.6 is 0 Å². The summed E-state index contributed by atoms with van der Waals surface area (Å²) in [5.74, 6) is 0.736. The maximum absolute atomic E-state index is 11.9. The second-order valence-electron chi connectivity index (χ2n) is 5.57. The summed E-state index contributed by atoms with van der Waals surface area (Å²) in [6, 6.07) is 21.8. The number of amides is 1. The second-order valence-corrected chi connectivity index (χ2v) is 5.57. The molecule has 3 rings (SSSR count). The van der Waals surface area contributed by atoms with Crippen LogP contribution in [0.5, 0.6) is 0 Å². The van der Waals surface area contributed by atoms with E-state index in [4.69, 9.17) is 4.42 Å². The van der Waals surface area contributed by atoms with Gasteiger partial charge in [0.05, 0.1) is 19.2 Å². The highest BCUT2D eigenvalue weighted by Crippen LogP contribution is 2.12. The van der Waals surface area contributed by atoms with E-state index in [9.17, 15) is 4.79 Å². The maximum atomic E-state index is 11.9. The summed E-state index contributed by atoms with van der Waals surface area (Å²) in [5, 5.41) is 6.22. The van der Waals surface area contributed by atoms with Gasteiger partial charge in [0.2, 0.25) is 5.91 Å². The van der Waals surface area contributed by atoms with Crippen molar-refractivity contribution in [3.63, 3.8) is 0 Å². The van der Waals surface area contributed by atoms with Crippen molar-refractivity contribution in [2.45, 2.75) is 19.5 Å². The molecule has 3 aromatic rings. The summed E-state index contributed by atoms with van der Waals surface area (Å²) in [5.41, 5.74) is 3.26. The summed E-state index contributed by atoms with van der Waals surface area (Å²) in [6.45, 7) is 1.20. The molecule has 0 atom stereocenters. The number of rotatable bonds is 7. The van der Waals surface area contributed by atoms with Crippen LogP contribution in [0, 0.1) is 0 Å². The summed E-state index contributed by atoms with van der Waals surface area (Å²) in [7, 11) is 0. The third-order valence-electron chi connectivity index (χ3n) is 3.70. The topological polar surface area (TPSA) is 54.3 Å². The fourth-order valence-corrected chi connectivity index (χ4v) is 2.39. The summed E-state index contributed by atoms with van der Waals surface area (Å²) in [6.07, 6.45) is 1.96. The third kappa shape index (κ3) is 4.74. The molecule has 0 saturated heterocycles. The molecule has 0 spiro atoms. The quantitative estimate of drug-likeness (QED) is 0.697. The monoisotopic (exact) mass is 320 g/mol. The van der Waals surface area contributed by atoms with Crippen LogP contribution in [0.15, 0.2) is 77.4 Å². The fourth-order valence-electron chi connectivity index (χ4n) is 2.39. The third-order valence-corrected chi connectivity index (χ3v) is 3.70. The number of hydrogen-bond donors (Lipinski definition) is 2. The minimum atomic E-state index is -0.0172. The molecule has 0 aliphatic heterocycles. The summed E-state index contributed by atoms with van der Waals surface area (Å²) < 4.78 is 5.19. The van der Waals surface area contributed by atoms with Gasteiger partial charge in [-0.1, -0.05) is 42.5 Å². The largest absolute Gasteiger partial charge is 0.467 e. The van der Waals surface area contributed by atoms with Gasteiger partial charge in [0.15, 0.2) is 0 Å². The maximum Gasteiger partial charge on any atom is 0.224 e. The van der Waals surface area contributed by atoms with Crippen LogP contribution in [-0.2, 0) is 24.3 Å². The summed E-state index contributed by atoms with van der Waals surface area (Å²) in [4.78, 5) is 11.9. The molecule has 122 valence electrons. The van der Waals surface area contributed by atoms with E-state index >= 15 is 0 Å². The van der Waals surface area contributed by atoms with Crippen molar-refractivity contribution in [1.29, 1.82) is 0 Å². The molecule has 0 radical (unpaired) electrons. The van der Waals surface area contributed by atoms with Crippen LogP contribution in [0.2, 0.25) is 0 Å². The molecule has 0 aliphatic carbocycles. The van der Waals surface area contributed by atoms with E-state index in [1.807, 2.05) is 54.6 Å². The minimum Gasteiger partial charge on any atom is -0.467 e. The van der Waals surface area contributed by atoms with E-state index in [1.165, 1.54) is 5.56 Å². The molecular formula is C20H20N2O2. The Labute approximate surface area is 141 Å². The zero-order valence-electron chi connectivity index (χ0n) is 13.4. The number of furan rings is 1. The van der Waals surface area contributed by atoms with Gasteiger partial charge in [-0.15, -0.1) is 0 Å². The molecule has 24 heavy (non-hydrogen) atoms. The van der Waals surface area contributed by atoms with Crippen LogP contribution < -0.4 is 10.6 Å². The van der Waals surface area contributed by atoms with Crippen molar-refractivity contribution in [3.05, 3.63) is 89.9 Å². The molecule has 0 saturated carbocycles. The predicted octanol–water partition coefficient (Wildman–Crippen LogP) is 3.75. The Kier molecular flexibility index (Phi) is 5.30. The van der Waals surface area contributed by atoms with E-state index in [1.54, 1.807) is 6.26 Å². The van der Waals surface area contributed by atoms with E-state index < -0.39 is 0 Å². The van der Waals surface area contributed by atoms with Crippen molar-refractivity contribution in [1.82, 2.24) is 5.32 Å². The average Bonchev–Trinajstić information content (AvgIpc) is 3.14. The lowest BCUT2D eigenvalue weighted by atomic mass is 10.1. The van der Waals surface area contributed by atoms with Crippen LogP contribution in [0.25, 0.3) is 0 Å². The predicted molar refractivity (Wildman–Crippen MR) is 94.5 cm³/mol. The number of benzene rings is 2. The lowest BCUT2D eigenvalue weighted by Crippen LogP contribution is -2.24. The molecule has 0 bridgehead atoms. The molecule has 0 fully saturated rings. The summed E-state index contributed by atoms with van der Waals surface area (Å²) >= 11 is 0. The van der Waals surface area contributed by atoms with Gasteiger partial charge in [-0.3, -0.25) is 4.79 Å². The van der Waals surface area contributed by atoms with E-state index in [0.717, 1.165) is 23.6 Å². The molecule has 2 N–H and O–H groups in total. The molecule has 4 nitrogen and oxygen atoms in total. The van der Waals surface area contributed by atoms with Gasteiger partial charge in [0, 0.05) is 12.2 Å². The van der Waals surface area contributed by atoms with Crippen molar-refractivity contribution >= 4 is 11.6 Å². The number of nitrogens with one attached hydrogen (secondary N) is 2. The SMILES string of the molecule is O=C(Cc1ccc(NCc2ccccc2)cc1)NCc1ccco1. The number of carbonyl (C=O) groups is 1. The molecule has 0 aliphatic rings. The van der Waals surface area contributed by atoms with Gasteiger partial charge in [0.25, 0.3) is 0 Å². The van der Waals surface area contributed by atoms with Crippen LogP contribution in [-0.4, -0.2) is 5.91 Å². The lowest BCUT2D eigenvalue weighted by molar-refractivity contribution is -0.120. The van der Waals surface area contributed by atoms with E-state index in [-0.39, 0.29) is 5.91 Å². The highest BCUT2D eigenvalue weighted by atomic mass is 16.3. The molecule has 4 heteroatoms. The number of carbonyl (C=O) groups excluding carboxylic acids is 1. The molecule has 1 heterocycles. The van der Waals surface area contributed by atoms with Gasteiger partial charge >= 0.3 is 0 Å². The zero-order valence-corrected chi connectivity index (χ0v) is 13.4. The first-order valence-corrected chi connectivity index (χ1v) is 7.95. The first-order chi connectivity index (χ1) is 11.8. The Morgan fingerprint density at radius 2 is 1.62 bits per heavy atom. The zero-order chi connectivity index (χ0) is 16.6. The Bertz CT molecular complexity index is 750. The fraction of sp³-hybridized carbons (Fsp3) is 0.150. The number of anilines is 1. The van der Waals surface area contributed by atoms with E-state index in [0.29, 0.717) is 13.0 Å². The van der Waals surface area contributed by atoms with Crippen molar-refractivity contribution in [2.24, 2.45) is 0 Å². The smallest absolute Gasteiger partial charge is 0.224 e. The van der Waals surface area contributed by atoms with Crippen LogP contribution in [0.3, 0.4) is 0 Å². The molecule has 2 aromatic carbocycles. The van der Waals surface area contributed by atoms with Crippen LogP contribution in [0.1, 0.15) is 16.9 Å². The van der Waals surface area contributed by atoms with Crippen molar-refractivity contribution in [3.8, 4) is 0 Å². The first-order valence-electron chi connectivity index (χ1n) is 7.95. The second kappa shape index (κ2) is 8.02. The van der Waals surface area contributed by atoms with Gasteiger partial charge in [0.1, 0.15) is 5.76 Å². The number of hydrogen-bond acceptors (Lipinski definition) is 3. The lowest BCUT2D eigenvalue weighted by Gasteiger charge is -2.08. The highest BCUT2D eigenvalue weighted by Gasteiger charge is 2.04. The standard InChI is InChI=1S/C20H20N2O2/c23-20(22-15-19-7-4-12-24-19)13-16-8-10-18(11-9-16)21-14-17-5-2-1-3-6-17/h1-12,21H,13-15H2,(H,22,23). The Morgan fingerprint density at radius 3 is 2.33 bits per heavy atom. The first kappa shape index (κ1) is 15.9. The van der Waals surface area contributed by atoms with Gasteiger partial charge < -0.3 is 15.1 Å². The van der Waals surface area contributed by atoms with Gasteiger partial charge in [-0.2, -0.15) is 0 Å². The van der Waals surface area contributed by atoms with Crippen LogP contribution in [0.4, 0.5) is 5.69 Å². The molecule has 1 aromatic heterocycles. The molecule has 0 unspecified atom stereocenters. The van der Waals surface area contributed by atoms with E-state index in [2.05, 4.69) is 22.8 Å². The molecular weight excluding hydrogens is 300 g/mol. The van der Waals surface area contributed by atoms with Crippen molar-refractivity contribution in [2.75, 3.05) is 5.32 Å². The average molecular weight is 320 g/mol. The van der Waals surface area contributed by atoms with Crippen molar-refractivity contribution < 1.29 is 9.21 Å². The van der Waals surface area contributed by atoms with Gasteiger partial charge in [-0.05, 0) is 35.4 Å². The Morgan fingerprint density at radius 1 is 0.833 bits per heavy atom. The van der Waals surface area contributed by atoms with Gasteiger partial charge in [-0.25, -0.2) is 0 Å². The molecule has 1 amide bonds. The highest BCUT2D eigenvalue weighted by molar-refractivity contribution is 5.78. The minimum absolute atomic E-state index is 0.0172. The Balaban J connectivity index is 1.46. The normalized spacial score (nSPS) is 10.3. The Hall–Kier alpha value is -3.01.